The number of hydrogen-bond donors (Lipinski definition) is 0. The SMILES string of the molecule is CCOC(=O)CN1C(=O)CN(C(=O)c2ccc(C(C)(C)C)cc2)c2cc(C)c(C)cc21. The third-order valence-corrected chi connectivity index (χ3v) is 5.60. The summed E-state index contributed by atoms with van der Waals surface area (Å²) in [5, 5.41) is 0. The van der Waals surface area contributed by atoms with Crippen LogP contribution in [0.5, 0.6) is 0 Å². The molecule has 164 valence electrons. The molecule has 0 N–H and O–H groups in total. The summed E-state index contributed by atoms with van der Waals surface area (Å²) >= 11 is 0. The maximum Gasteiger partial charge on any atom is 0.326 e. The third-order valence-electron chi connectivity index (χ3n) is 5.60. The van der Waals surface area contributed by atoms with Crippen molar-refractivity contribution in [3.8, 4) is 0 Å². The van der Waals surface area contributed by atoms with Gasteiger partial charge in [0.1, 0.15) is 13.1 Å². The fourth-order valence-corrected chi connectivity index (χ4v) is 3.62. The van der Waals surface area contributed by atoms with E-state index in [4.69, 9.17) is 4.74 Å². The lowest BCUT2D eigenvalue weighted by Gasteiger charge is -2.36. The summed E-state index contributed by atoms with van der Waals surface area (Å²) in [7, 11) is 0. The van der Waals surface area contributed by atoms with Crippen molar-refractivity contribution in [2.45, 2.75) is 47.0 Å². The number of anilines is 2. The first-order chi connectivity index (χ1) is 14.5. The lowest BCUT2D eigenvalue weighted by atomic mass is 9.86. The van der Waals surface area contributed by atoms with Crippen LogP contribution >= 0.6 is 0 Å². The third kappa shape index (κ3) is 4.63. The number of ether oxygens (including phenoxy) is 1. The van der Waals surface area contributed by atoms with Crippen LogP contribution in [0.1, 0.15) is 54.7 Å². The van der Waals surface area contributed by atoms with Crippen molar-refractivity contribution in [3.63, 3.8) is 0 Å². The van der Waals surface area contributed by atoms with E-state index >= 15 is 0 Å². The van der Waals surface area contributed by atoms with E-state index in [2.05, 4.69) is 20.8 Å². The largest absolute Gasteiger partial charge is 0.465 e. The van der Waals surface area contributed by atoms with E-state index < -0.39 is 5.97 Å². The minimum atomic E-state index is -0.474. The molecule has 31 heavy (non-hydrogen) atoms. The van der Waals surface area contributed by atoms with E-state index in [0.29, 0.717) is 16.9 Å². The fraction of sp³-hybridized carbons (Fsp3) is 0.400. The Balaban J connectivity index is 2.00. The number of nitrogens with zero attached hydrogens (tertiary/aromatic N) is 2. The molecular weight excluding hydrogens is 392 g/mol. The normalized spacial score (nSPS) is 13.8. The quantitative estimate of drug-likeness (QED) is 0.694. The van der Waals surface area contributed by atoms with Crippen LogP contribution in [0.2, 0.25) is 0 Å². The molecule has 0 saturated carbocycles. The molecule has 0 aromatic heterocycles. The van der Waals surface area contributed by atoms with Gasteiger partial charge in [0.15, 0.2) is 0 Å². The summed E-state index contributed by atoms with van der Waals surface area (Å²) in [6, 6.07) is 11.3. The number of rotatable bonds is 4. The highest BCUT2D eigenvalue weighted by molar-refractivity contribution is 6.16. The van der Waals surface area contributed by atoms with Crippen molar-refractivity contribution in [1.82, 2.24) is 0 Å². The molecule has 0 radical (unpaired) electrons. The van der Waals surface area contributed by atoms with Gasteiger partial charge >= 0.3 is 5.97 Å². The molecule has 2 aromatic rings. The lowest BCUT2D eigenvalue weighted by Crippen LogP contribution is -2.50. The number of carbonyl (C=O) groups excluding carboxylic acids is 3. The molecule has 1 heterocycles. The smallest absolute Gasteiger partial charge is 0.326 e. The van der Waals surface area contributed by atoms with Crippen molar-refractivity contribution >= 4 is 29.2 Å². The molecule has 0 saturated heterocycles. The highest BCUT2D eigenvalue weighted by Gasteiger charge is 2.34. The van der Waals surface area contributed by atoms with E-state index in [-0.39, 0.29) is 36.9 Å². The molecule has 2 aromatic carbocycles. The summed E-state index contributed by atoms with van der Waals surface area (Å²) in [6.45, 7) is 11.9. The highest BCUT2D eigenvalue weighted by atomic mass is 16.5. The Hall–Kier alpha value is -3.15. The molecule has 1 aliphatic heterocycles. The van der Waals surface area contributed by atoms with Crippen LogP contribution in [0.3, 0.4) is 0 Å². The number of fused-ring (bicyclic) bond motifs is 1. The second-order valence-electron chi connectivity index (χ2n) is 8.93. The minimum absolute atomic E-state index is 0.0164. The second-order valence-corrected chi connectivity index (χ2v) is 8.93. The molecule has 1 aliphatic rings. The van der Waals surface area contributed by atoms with Gasteiger partial charge in [-0.15, -0.1) is 0 Å². The standard InChI is InChI=1S/C25H30N2O4/c1-7-31-23(29)15-26-20-12-16(2)17(3)13-21(20)27(14-22(26)28)24(30)18-8-10-19(11-9-18)25(4,5)6/h8-13H,7,14-15H2,1-6H3. The Morgan fingerprint density at radius 1 is 1.00 bits per heavy atom. The van der Waals surface area contributed by atoms with Crippen molar-refractivity contribution in [2.24, 2.45) is 0 Å². The monoisotopic (exact) mass is 422 g/mol. The molecule has 3 rings (SSSR count). The average molecular weight is 423 g/mol. The average Bonchev–Trinajstić information content (AvgIpc) is 2.70. The van der Waals surface area contributed by atoms with E-state index in [1.807, 2.05) is 38.1 Å². The predicted molar refractivity (Wildman–Crippen MR) is 122 cm³/mol. The summed E-state index contributed by atoms with van der Waals surface area (Å²) < 4.78 is 5.03. The summed E-state index contributed by atoms with van der Waals surface area (Å²) in [4.78, 5) is 41.3. The number of esters is 1. The number of amides is 2. The van der Waals surface area contributed by atoms with Gasteiger partial charge in [0.05, 0.1) is 18.0 Å². The van der Waals surface area contributed by atoms with Gasteiger partial charge in [-0.1, -0.05) is 32.9 Å². The summed E-state index contributed by atoms with van der Waals surface area (Å²) in [6.07, 6.45) is 0. The Kier molecular flexibility index (Phi) is 6.20. The maximum atomic E-state index is 13.4. The van der Waals surface area contributed by atoms with Crippen LogP contribution in [0.4, 0.5) is 11.4 Å². The fourth-order valence-electron chi connectivity index (χ4n) is 3.62. The Morgan fingerprint density at radius 2 is 1.58 bits per heavy atom. The van der Waals surface area contributed by atoms with Crippen LogP contribution in [0.15, 0.2) is 36.4 Å². The van der Waals surface area contributed by atoms with Crippen molar-refractivity contribution in [3.05, 3.63) is 58.7 Å². The van der Waals surface area contributed by atoms with Crippen LogP contribution in [0, 0.1) is 13.8 Å². The molecule has 0 aliphatic carbocycles. The highest BCUT2D eigenvalue weighted by Crippen LogP contribution is 2.37. The summed E-state index contributed by atoms with van der Waals surface area (Å²) in [5.74, 6) is -1.03. The van der Waals surface area contributed by atoms with Crippen LogP contribution < -0.4 is 9.80 Å². The van der Waals surface area contributed by atoms with Gasteiger partial charge in [-0.25, -0.2) is 0 Å². The summed E-state index contributed by atoms with van der Waals surface area (Å²) in [5.41, 5.74) is 4.78. The van der Waals surface area contributed by atoms with E-state index in [1.165, 1.54) is 9.80 Å². The molecule has 6 nitrogen and oxygen atoms in total. The number of benzene rings is 2. The minimum Gasteiger partial charge on any atom is -0.465 e. The molecular formula is C25H30N2O4. The first-order valence-corrected chi connectivity index (χ1v) is 10.5. The zero-order valence-corrected chi connectivity index (χ0v) is 19.1. The first kappa shape index (κ1) is 22.5. The zero-order chi connectivity index (χ0) is 22.9. The molecule has 0 bridgehead atoms. The van der Waals surface area contributed by atoms with E-state index in [0.717, 1.165) is 16.7 Å². The maximum absolute atomic E-state index is 13.4. The number of hydrogen-bond acceptors (Lipinski definition) is 4. The van der Waals surface area contributed by atoms with Crippen molar-refractivity contribution in [1.29, 1.82) is 0 Å². The van der Waals surface area contributed by atoms with E-state index in [1.54, 1.807) is 19.1 Å². The molecule has 0 unspecified atom stereocenters. The Labute approximate surface area is 183 Å². The Bertz CT molecular complexity index is 1020. The predicted octanol–water partition coefficient (Wildman–Crippen LogP) is 4.16. The van der Waals surface area contributed by atoms with Gasteiger partial charge in [0, 0.05) is 5.56 Å². The van der Waals surface area contributed by atoms with Gasteiger partial charge < -0.3 is 4.74 Å². The molecule has 0 atom stereocenters. The van der Waals surface area contributed by atoms with Gasteiger partial charge in [-0.3, -0.25) is 24.2 Å². The Morgan fingerprint density at radius 3 is 2.13 bits per heavy atom. The van der Waals surface area contributed by atoms with Gasteiger partial charge in [0.25, 0.3) is 5.91 Å². The van der Waals surface area contributed by atoms with Crippen LogP contribution in [-0.2, 0) is 19.7 Å². The molecule has 6 heteroatoms. The first-order valence-electron chi connectivity index (χ1n) is 10.5. The van der Waals surface area contributed by atoms with Crippen molar-refractivity contribution in [2.75, 3.05) is 29.5 Å². The van der Waals surface area contributed by atoms with Crippen LogP contribution in [0.25, 0.3) is 0 Å². The van der Waals surface area contributed by atoms with Gasteiger partial charge in [0.2, 0.25) is 5.91 Å². The lowest BCUT2D eigenvalue weighted by molar-refractivity contribution is -0.142. The number of aryl methyl sites for hydroxylation is 2. The van der Waals surface area contributed by atoms with Gasteiger partial charge in [-0.05, 0) is 67.1 Å². The van der Waals surface area contributed by atoms with Crippen molar-refractivity contribution < 1.29 is 19.1 Å². The molecule has 0 spiro atoms. The number of carbonyl (C=O) groups is 3. The topological polar surface area (TPSA) is 66.9 Å². The van der Waals surface area contributed by atoms with E-state index in [9.17, 15) is 14.4 Å². The second kappa shape index (κ2) is 8.53. The molecule has 0 fully saturated rings. The van der Waals surface area contributed by atoms with Crippen LogP contribution in [-0.4, -0.2) is 37.5 Å². The molecule has 2 amide bonds. The van der Waals surface area contributed by atoms with Gasteiger partial charge in [-0.2, -0.15) is 0 Å². The zero-order valence-electron chi connectivity index (χ0n) is 19.1.